The second-order valence-corrected chi connectivity index (χ2v) is 8.25. The largest absolute Gasteiger partial charge is 0.465 e. The molecular formula is C23H31NO4S. The Hall–Kier alpha value is -2.18. The summed E-state index contributed by atoms with van der Waals surface area (Å²) in [6.45, 7) is 7.73. The number of hydrogen-bond acceptors (Lipinski definition) is 6. The molecule has 0 radical (unpaired) electrons. The van der Waals surface area contributed by atoms with Crippen molar-refractivity contribution >= 4 is 28.8 Å². The lowest BCUT2D eigenvalue weighted by molar-refractivity contribution is -0.122. The molecule has 0 aliphatic heterocycles. The number of esters is 1. The maximum atomic E-state index is 12.7. The van der Waals surface area contributed by atoms with Crippen molar-refractivity contribution in [2.75, 3.05) is 32.2 Å². The Morgan fingerprint density at radius 2 is 1.86 bits per heavy atom. The van der Waals surface area contributed by atoms with Gasteiger partial charge in [-0.1, -0.05) is 51.1 Å². The Balaban J connectivity index is 2.02. The van der Waals surface area contributed by atoms with Crippen LogP contribution in [-0.2, 0) is 14.3 Å². The summed E-state index contributed by atoms with van der Waals surface area (Å²) in [5.74, 6) is -0.122. The van der Waals surface area contributed by atoms with Gasteiger partial charge in [-0.25, -0.2) is 4.79 Å². The van der Waals surface area contributed by atoms with E-state index in [0.717, 1.165) is 29.9 Å². The first-order valence-corrected chi connectivity index (χ1v) is 10.9. The number of hydrogen-bond donors (Lipinski definition) is 1. The zero-order chi connectivity index (χ0) is 21.2. The van der Waals surface area contributed by atoms with Crippen molar-refractivity contribution in [3.05, 3.63) is 41.3 Å². The van der Waals surface area contributed by atoms with Gasteiger partial charge in [0.25, 0.3) is 0 Å². The van der Waals surface area contributed by atoms with Gasteiger partial charge in [-0.2, -0.15) is 0 Å². The molecule has 2 atom stereocenters. The maximum Gasteiger partial charge on any atom is 0.350 e. The molecule has 158 valence electrons. The number of carbonyl (C=O) groups excluding carboxylic acids is 2. The highest BCUT2D eigenvalue weighted by Crippen LogP contribution is 2.35. The third-order valence-corrected chi connectivity index (χ3v) is 6.21. The lowest BCUT2D eigenvalue weighted by Crippen LogP contribution is -2.26. The summed E-state index contributed by atoms with van der Waals surface area (Å²) in [4.78, 5) is 26.3. The second kappa shape index (κ2) is 11.7. The van der Waals surface area contributed by atoms with Crippen molar-refractivity contribution in [3.8, 4) is 10.4 Å². The van der Waals surface area contributed by atoms with Crippen LogP contribution in [0.5, 0.6) is 0 Å². The van der Waals surface area contributed by atoms with Gasteiger partial charge in [0.05, 0.1) is 19.3 Å². The Bertz CT molecular complexity index is 787. The Labute approximate surface area is 177 Å². The van der Waals surface area contributed by atoms with E-state index in [4.69, 9.17) is 9.47 Å². The molecule has 5 nitrogen and oxygen atoms in total. The SMILES string of the molecule is CCCOCCC(C)C(C)C(=O)CNc1cc(-c2ccccc2)sc1C(=O)OC. The van der Waals surface area contributed by atoms with Gasteiger partial charge in [-0.3, -0.25) is 4.79 Å². The monoisotopic (exact) mass is 417 g/mol. The van der Waals surface area contributed by atoms with Gasteiger partial charge in [0, 0.05) is 24.0 Å². The number of nitrogens with one attached hydrogen (secondary N) is 1. The Morgan fingerprint density at radius 3 is 2.52 bits per heavy atom. The molecule has 2 rings (SSSR count). The molecule has 1 aromatic heterocycles. The molecule has 2 unspecified atom stereocenters. The number of carbonyl (C=O) groups is 2. The van der Waals surface area contributed by atoms with E-state index in [9.17, 15) is 9.59 Å². The molecule has 0 aliphatic rings. The Kier molecular flexibility index (Phi) is 9.35. The minimum Gasteiger partial charge on any atom is -0.465 e. The van der Waals surface area contributed by atoms with Crippen molar-refractivity contribution in [1.82, 2.24) is 0 Å². The summed E-state index contributed by atoms with van der Waals surface area (Å²) in [7, 11) is 1.36. The normalized spacial score (nSPS) is 13.0. The average molecular weight is 418 g/mol. The number of benzene rings is 1. The van der Waals surface area contributed by atoms with Crippen LogP contribution in [0.15, 0.2) is 36.4 Å². The maximum absolute atomic E-state index is 12.7. The molecule has 1 heterocycles. The third kappa shape index (κ3) is 6.68. The van der Waals surface area contributed by atoms with Crippen LogP contribution < -0.4 is 5.32 Å². The highest BCUT2D eigenvalue weighted by molar-refractivity contribution is 7.18. The van der Waals surface area contributed by atoms with E-state index in [1.165, 1.54) is 18.4 Å². The van der Waals surface area contributed by atoms with E-state index in [2.05, 4.69) is 19.2 Å². The first kappa shape index (κ1) is 23.1. The fourth-order valence-corrected chi connectivity index (χ4v) is 4.00. The zero-order valence-electron chi connectivity index (χ0n) is 17.7. The van der Waals surface area contributed by atoms with E-state index < -0.39 is 5.97 Å². The van der Waals surface area contributed by atoms with Crippen LogP contribution in [0.3, 0.4) is 0 Å². The summed E-state index contributed by atoms with van der Waals surface area (Å²) < 4.78 is 10.5. The van der Waals surface area contributed by atoms with Crippen molar-refractivity contribution < 1.29 is 19.1 Å². The van der Waals surface area contributed by atoms with Crippen molar-refractivity contribution in [3.63, 3.8) is 0 Å². The molecule has 0 spiro atoms. The molecule has 0 fully saturated rings. The molecule has 1 aromatic carbocycles. The number of ketones is 1. The van der Waals surface area contributed by atoms with Crippen LogP contribution in [0.1, 0.15) is 43.3 Å². The van der Waals surface area contributed by atoms with Crippen LogP contribution in [0.25, 0.3) is 10.4 Å². The summed E-state index contributed by atoms with van der Waals surface area (Å²) in [5.41, 5.74) is 1.66. The summed E-state index contributed by atoms with van der Waals surface area (Å²) >= 11 is 1.36. The van der Waals surface area contributed by atoms with Crippen LogP contribution in [-0.4, -0.2) is 38.6 Å². The smallest absolute Gasteiger partial charge is 0.350 e. The fraction of sp³-hybridized carbons (Fsp3) is 0.478. The number of rotatable bonds is 12. The predicted molar refractivity (Wildman–Crippen MR) is 119 cm³/mol. The van der Waals surface area contributed by atoms with Crippen molar-refractivity contribution in [1.29, 1.82) is 0 Å². The van der Waals surface area contributed by atoms with E-state index in [0.29, 0.717) is 17.2 Å². The lowest BCUT2D eigenvalue weighted by atomic mass is 9.89. The minimum absolute atomic E-state index is 0.0819. The summed E-state index contributed by atoms with van der Waals surface area (Å²) in [5, 5.41) is 3.16. The topological polar surface area (TPSA) is 64.6 Å². The molecule has 6 heteroatoms. The molecule has 0 amide bonds. The average Bonchev–Trinajstić information content (AvgIpc) is 3.18. The van der Waals surface area contributed by atoms with Gasteiger partial charge < -0.3 is 14.8 Å². The molecule has 0 aliphatic carbocycles. The summed E-state index contributed by atoms with van der Waals surface area (Å²) in [6.07, 6.45) is 1.86. The lowest BCUT2D eigenvalue weighted by Gasteiger charge is -2.19. The highest BCUT2D eigenvalue weighted by atomic mass is 32.1. The van der Waals surface area contributed by atoms with E-state index in [1.807, 2.05) is 43.3 Å². The molecule has 29 heavy (non-hydrogen) atoms. The molecule has 0 bridgehead atoms. The first-order valence-electron chi connectivity index (χ1n) is 10.1. The summed E-state index contributed by atoms with van der Waals surface area (Å²) in [6, 6.07) is 11.8. The highest BCUT2D eigenvalue weighted by Gasteiger charge is 2.22. The number of thiophene rings is 1. The Morgan fingerprint density at radius 1 is 1.14 bits per heavy atom. The fourth-order valence-electron chi connectivity index (χ4n) is 2.94. The van der Waals surface area contributed by atoms with Gasteiger partial charge in [-0.15, -0.1) is 11.3 Å². The van der Waals surface area contributed by atoms with Crippen molar-refractivity contribution in [2.45, 2.75) is 33.6 Å². The molecule has 2 aromatic rings. The van der Waals surface area contributed by atoms with Gasteiger partial charge in [0.1, 0.15) is 4.88 Å². The van der Waals surface area contributed by atoms with E-state index in [-0.39, 0.29) is 24.2 Å². The van der Waals surface area contributed by atoms with Crippen LogP contribution >= 0.6 is 11.3 Å². The van der Waals surface area contributed by atoms with Crippen LogP contribution in [0.2, 0.25) is 0 Å². The standard InChI is InChI=1S/C23H31NO4S/c1-5-12-28-13-11-16(2)17(3)20(25)15-24-19-14-21(18-9-7-6-8-10-18)29-22(19)23(26)27-4/h6-10,14,16-17,24H,5,11-13,15H2,1-4H3. The predicted octanol–water partition coefficient (Wildman–Crippen LogP) is 5.27. The van der Waals surface area contributed by atoms with Crippen LogP contribution in [0, 0.1) is 11.8 Å². The van der Waals surface area contributed by atoms with Crippen molar-refractivity contribution in [2.24, 2.45) is 11.8 Å². The van der Waals surface area contributed by atoms with Gasteiger partial charge in [0.2, 0.25) is 0 Å². The second-order valence-electron chi connectivity index (χ2n) is 7.20. The zero-order valence-corrected chi connectivity index (χ0v) is 18.5. The van der Waals surface area contributed by atoms with Crippen LogP contribution in [0.4, 0.5) is 5.69 Å². The number of methoxy groups -OCH3 is 1. The molecule has 0 saturated heterocycles. The quantitative estimate of drug-likeness (QED) is 0.376. The molecule has 0 saturated carbocycles. The van der Waals surface area contributed by atoms with Gasteiger partial charge in [-0.05, 0) is 30.4 Å². The molecular weight excluding hydrogens is 386 g/mol. The third-order valence-electron chi connectivity index (χ3n) is 5.04. The minimum atomic E-state index is -0.401. The number of ether oxygens (including phenoxy) is 2. The van der Waals surface area contributed by atoms with E-state index in [1.54, 1.807) is 0 Å². The van der Waals surface area contributed by atoms with Gasteiger partial charge >= 0.3 is 5.97 Å². The number of Topliss-reactive ketones (excluding diaryl/α,β-unsaturated/α-hetero) is 1. The first-order chi connectivity index (χ1) is 14.0. The number of anilines is 1. The van der Waals surface area contributed by atoms with E-state index >= 15 is 0 Å². The molecule has 1 N–H and O–H groups in total. The van der Waals surface area contributed by atoms with Gasteiger partial charge in [0.15, 0.2) is 5.78 Å².